The van der Waals surface area contributed by atoms with Crippen LogP contribution in [-0.4, -0.2) is 36.7 Å². The third kappa shape index (κ3) is 6.80. The average Bonchev–Trinajstić information content (AvgIpc) is 2.89. The van der Waals surface area contributed by atoms with E-state index in [2.05, 4.69) is 34.5 Å². The van der Waals surface area contributed by atoms with Crippen LogP contribution in [-0.2, 0) is 11.2 Å². The van der Waals surface area contributed by atoms with Crippen LogP contribution >= 0.6 is 0 Å². The topological polar surface area (TPSA) is 78.9 Å². The quantitative estimate of drug-likeness (QED) is 0.416. The molecule has 6 nitrogen and oxygen atoms in total. The number of ether oxygens (including phenoxy) is 1. The van der Waals surface area contributed by atoms with Gasteiger partial charge in [0.15, 0.2) is 0 Å². The van der Waals surface area contributed by atoms with Gasteiger partial charge in [0, 0.05) is 18.8 Å². The van der Waals surface area contributed by atoms with Crippen LogP contribution in [0.1, 0.15) is 92.2 Å². The number of para-hydroxylation sites is 1. The maximum atomic E-state index is 13.3. The van der Waals surface area contributed by atoms with E-state index >= 15 is 0 Å². The zero-order chi connectivity index (χ0) is 25.3. The highest BCUT2D eigenvalue weighted by Crippen LogP contribution is 2.36. The molecule has 1 saturated carbocycles. The molecular weight excluding hydrogens is 452 g/mol. The van der Waals surface area contributed by atoms with Gasteiger partial charge in [0.2, 0.25) is 5.91 Å². The Bertz CT molecular complexity index is 1030. The van der Waals surface area contributed by atoms with Crippen molar-refractivity contribution < 1.29 is 19.4 Å². The van der Waals surface area contributed by atoms with Crippen LogP contribution in [0, 0.1) is 5.92 Å². The predicted octanol–water partition coefficient (Wildman–Crippen LogP) is 6.14. The number of aromatic carboxylic acids is 1. The first-order valence-electron chi connectivity index (χ1n) is 13.7. The summed E-state index contributed by atoms with van der Waals surface area (Å²) in [4.78, 5) is 27.3. The summed E-state index contributed by atoms with van der Waals surface area (Å²) < 4.78 is 5.54. The van der Waals surface area contributed by atoms with E-state index in [4.69, 9.17) is 4.74 Å². The molecule has 1 saturated heterocycles. The fourth-order valence-electron chi connectivity index (χ4n) is 5.78. The van der Waals surface area contributed by atoms with Crippen LogP contribution in [0.3, 0.4) is 0 Å². The second-order valence-corrected chi connectivity index (χ2v) is 10.2. The summed E-state index contributed by atoms with van der Waals surface area (Å²) in [7, 11) is 0. The Kier molecular flexibility index (Phi) is 9.26. The van der Waals surface area contributed by atoms with E-state index in [1.54, 1.807) is 12.1 Å². The Balaban J connectivity index is 1.55. The molecule has 0 aromatic heterocycles. The predicted molar refractivity (Wildman–Crippen MR) is 143 cm³/mol. The summed E-state index contributed by atoms with van der Waals surface area (Å²) in [5.41, 5.74) is 3.34. The van der Waals surface area contributed by atoms with Gasteiger partial charge in [0.25, 0.3) is 0 Å². The van der Waals surface area contributed by atoms with Crippen molar-refractivity contribution in [1.29, 1.82) is 0 Å². The van der Waals surface area contributed by atoms with Crippen molar-refractivity contribution in [1.82, 2.24) is 5.32 Å². The number of hydrogen-bond acceptors (Lipinski definition) is 4. The molecule has 2 N–H and O–H groups in total. The Morgan fingerprint density at radius 3 is 2.47 bits per heavy atom. The molecule has 6 heteroatoms. The highest BCUT2D eigenvalue weighted by atomic mass is 16.5. The number of carboxylic acids is 1. The monoisotopic (exact) mass is 492 g/mol. The number of carbonyl (C=O) groups excluding carboxylic acids is 1. The standard InChI is InChI=1S/C30H40N2O4/c1-2-36-28-20-23(15-16-25(28)30(34)35)21-29(33)31-26(19-22-11-5-3-6-12-22)24-13-7-8-14-27(24)32-17-9-4-10-18-32/h7-8,13-16,20,22,26H,2-6,9-12,17-19,21H2,1H3,(H,31,33)(H,34,35). The van der Waals surface area contributed by atoms with Crippen molar-refractivity contribution in [2.75, 3.05) is 24.6 Å². The summed E-state index contributed by atoms with van der Waals surface area (Å²) in [6.45, 7) is 4.32. The lowest BCUT2D eigenvalue weighted by atomic mass is 9.83. The minimum absolute atomic E-state index is 0.0385. The molecule has 2 aromatic carbocycles. The number of rotatable bonds is 10. The first kappa shape index (κ1) is 26.1. The number of amides is 1. The van der Waals surface area contributed by atoms with Gasteiger partial charge in [-0.2, -0.15) is 0 Å². The van der Waals surface area contributed by atoms with Gasteiger partial charge in [-0.05, 0) is 67.9 Å². The maximum Gasteiger partial charge on any atom is 0.339 e. The molecule has 194 valence electrons. The molecule has 4 rings (SSSR count). The molecule has 1 aliphatic carbocycles. The van der Waals surface area contributed by atoms with Crippen molar-refractivity contribution in [3.63, 3.8) is 0 Å². The zero-order valence-electron chi connectivity index (χ0n) is 21.5. The summed E-state index contributed by atoms with van der Waals surface area (Å²) in [5, 5.41) is 12.8. The molecule has 1 heterocycles. The maximum absolute atomic E-state index is 13.3. The van der Waals surface area contributed by atoms with Gasteiger partial charge in [-0.25, -0.2) is 4.79 Å². The van der Waals surface area contributed by atoms with Crippen LogP contribution in [0.25, 0.3) is 0 Å². The van der Waals surface area contributed by atoms with Crippen molar-refractivity contribution in [2.24, 2.45) is 5.92 Å². The Hall–Kier alpha value is -3.02. The molecule has 2 aromatic rings. The number of benzene rings is 2. The third-order valence-electron chi connectivity index (χ3n) is 7.58. The zero-order valence-corrected chi connectivity index (χ0v) is 21.5. The number of anilines is 1. The number of carbonyl (C=O) groups is 2. The van der Waals surface area contributed by atoms with E-state index in [9.17, 15) is 14.7 Å². The van der Waals surface area contributed by atoms with Gasteiger partial charge in [0.05, 0.1) is 19.1 Å². The van der Waals surface area contributed by atoms with E-state index in [0.717, 1.165) is 25.1 Å². The van der Waals surface area contributed by atoms with E-state index < -0.39 is 5.97 Å². The first-order valence-corrected chi connectivity index (χ1v) is 13.7. The second-order valence-electron chi connectivity index (χ2n) is 10.2. The Morgan fingerprint density at radius 1 is 1.03 bits per heavy atom. The third-order valence-corrected chi connectivity index (χ3v) is 7.58. The lowest BCUT2D eigenvalue weighted by Gasteiger charge is -2.34. The van der Waals surface area contributed by atoms with Crippen molar-refractivity contribution >= 4 is 17.6 Å². The van der Waals surface area contributed by atoms with Crippen molar-refractivity contribution in [3.8, 4) is 5.75 Å². The number of hydrogen-bond donors (Lipinski definition) is 2. The molecule has 0 radical (unpaired) electrons. The first-order chi connectivity index (χ1) is 17.5. The minimum atomic E-state index is -1.03. The van der Waals surface area contributed by atoms with Gasteiger partial charge < -0.3 is 20.1 Å². The summed E-state index contributed by atoms with van der Waals surface area (Å²) in [6, 6.07) is 13.5. The van der Waals surface area contributed by atoms with Gasteiger partial charge >= 0.3 is 5.97 Å². The Morgan fingerprint density at radius 2 is 1.75 bits per heavy atom. The van der Waals surface area contributed by atoms with Crippen LogP contribution in [0.5, 0.6) is 5.75 Å². The highest BCUT2D eigenvalue weighted by molar-refractivity contribution is 5.91. The number of nitrogens with zero attached hydrogens (tertiary/aromatic N) is 1. The lowest BCUT2D eigenvalue weighted by Crippen LogP contribution is -2.35. The number of nitrogens with one attached hydrogen (secondary N) is 1. The smallest absolute Gasteiger partial charge is 0.339 e. The van der Waals surface area contributed by atoms with Gasteiger partial charge in [-0.1, -0.05) is 56.4 Å². The molecule has 0 spiro atoms. The molecule has 1 aliphatic heterocycles. The van der Waals surface area contributed by atoms with Gasteiger partial charge in [-0.15, -0.1) is 0 Å². The summed E-state index contributed by atoms with van der Waals surface area (Å²) in [6.07, 6.45) is 11.2. The van der Waals surface area contributed by atoms with Crippen LogP contribution < -0.4 is 15.0 Å². The summed E-state index contributed by atoms with van der Waals surface area (Å²) in [5.74, 6) is -0.145. The molecule has 0 bridgehead atoms. The molecule has 2 aliphatic rings. The SMILES string of the molecule is CCOc1cc(CC(=O)NC(CC2CCCCC2)c2ccccc2N2CCCCC2)ccc1C(=O)O. The van der Waals surface area contributed by atoms with E-state index in [0.29, 0.717) is 18.3 Å². The van der Waals surface area contributed by atoms with Crippen LogP contribution in [0.2, 0.25) is 0 Å². The van der Waals surface area contributed by atoms with E-state index in [1.807, 2.05) is 6.92 Å². The van der Waals surface area contributed by atoms with E-state index in [-0.39, 0.29) is 23.9 Å². The minimum Gasteiger partial charge on any atom is -0.493 e. The molecule has 1 amide bonds. The van der Waals surface area contributed by atoms with Crippen molar-refractivity contribution in [3.05, 3.63) is 59.2 Å². The average molecular weight is 493 g/mol. The highest BCUT2D eigenvalue weighted by Gasteiger charge is 2.26. The fraction of sp³-hybridized carbons (Fsp3) is 0.533. The summed E-state index contributed by atoms with van der Waals surface area (Å²) >= 11 is 0. The molecule has 2 fully saturated rings. The van der Waals surface area contributed by atoms with Gasteiger partial charge in [0.1, 0.15) is 11.3 Å². The number of carboxylic acid groups (broad SMARTS) is 1. The van der Waals surface area contributed by atoms with E-state index in [1.165, 1.54) is 68.7 Å². The van der Waals surface area contributed by atoms with Crippen molar-refractivity contribution in [2.45, 2.75) is 77.2 Å². The normalized spacial score (nSPS) is 17.4. The fourth-order valence-corrected chi connectivity index (χ4v) is 5.78. The molecule has 1 unspecified atom stereocenters. The number of piperidine rings is 1. The lowest BCUT2D eigenvalue weighted by molar-refractivity contribution is -0.121. The molecule has 36 heavy (non-hydrogen) atoms. The largest absolute Gasteiger partial charge is 0.493 e. The van der Waals surface area contributed by atoms with Gasteiger partial charge in [-0.3, -0.25) is 4.79 Å². The van der Waals surface area contributed by atoms with Crippen LogP contribution in [0.15, 0.2) is 42.5 Å². The Labute approximate surface area is 215 Å². The molecular formula is C30H40N2O4. The molecule has 1 atom stereocenters. The van der Waals surface area contributed by atoms with Crippen LogP contribution in [0.4, 0.5) is 5.69 Å². The second kappa shape index (κ2) is 12.8.